The lowest BCUT2D eigenvalue weighted by molar-refractivity contribution is -0.142. The molecule has 0 aromatic carbocycles. The third kappa shape index (κ3) is 7.40. The number of carbonyl (C=O) groups is 1. The maximum absolute atomic E-state index is 10.8. The van der Waals surface area contributed by atoms with E-state index in [9.17, 15) is 4.79 Å². The molecule has 0 heterocycles. The molecule has 0 spiro atoms. The van der Waals surface area contributed by atoms with Crippen LogP contribution in [0.1, 0.15) is 65.7 Å². The van der Waals surface area contributed by atoms with E-state index in [4.69, 9.17) is 5.11 Å². The summed E-state index contributed by atoms with van der Waals surface area (Å²) in [5, 5.41) is 8.88. The molecule has 2 atom stereocenters. The zero-order valence-corrected chi connectivity index (χ0v) is 10.5. The second kappa shape index (κ2) is 8.75. The van der Waals surface area contributed by atoms with Gasteiger partial charge in [-0.3, -0.25) is 4.79 Å². The van der Waals surface area contributed by atoms with Crippen molar-refractivity contribution in [2.45, 2.75) is 65.7 Å². The summed E-state index contributed by atoms with van der Waals surface area (Å²) < 4.78 is 0. The molecule has 90 valence electrons. The first kappa shape index (κ1) is 14.5. The molecule has 1 N–H and O–H groups in total. The minimum Gasteiger partial charge on any atom is -0.481 e. The van der Waals surface area contributed by atoms with E-state index in [1.165, 1.54) is 25.7 Å². The summed E-state index contributed by atoms with van der Waals surface area (Å²) in [4.78, 5) is 10.8. The van der Waals surface area contributed by atoms with Crippen LogP contribution in [0.25, 0.3) is 0 Å². The molecule has 0 aromatic rings. The summed E-state index contributed by atoms with van der Waals surface area (Å²) in [6.45, 7) is 6.45. The Hall–Kier alpha value is -0.530. The minimum absolute atomic E-state index is 0.122. The molecule has 0 fully saturated rings. The number of hydrogen-bond acceptors (Lipinski definition) is 1. The Morgan fingerprint density at radius 3 is 2.20 bits per heavy atom. The molecular weight excluding hydrogens is 188 g/mol. The van der Waals surface area contributed by atoms with E-state index in [1.807, 2.05) is 6.92 Å². The van der Waals surface area contributed by atoms with Crippen molar-refractivity contribution < 1.29 is 9.90 Å². The van der Waals surface area contributed by atoms with Crippen LogP contribution in [0.4, 0.5) is 0 Å². The average molecular weight is 214 g/mol. The van der Waals surface area contributed by atoms with Crippen LogP contribution in [0.3, 0.4) is 0 Å². The summed E-state index contributed by atoms with van der Waals surface area (Å²) in [7, 11) is 0. The maximum Gasteiger partial charge on any atom is 0.306 e. The highest BCUT2D eigenvalue weighted by Crippen LogP contribution is 2.19. The Balaban J connectivity index is 3.54. The van der Waals surface area contributed by atoms with Gasteiger partial charge < -0.3 is 5.11 Å². The first-order chi connectivity index (χ1) is 7.11. The van der Waals surface area contributed by atoms with E-state index in [0.717, 1.165) is 25.2 Å². The third-order valence-electron chi connectivity index (χ3n) is 3.14. The van der Waals surface area contributed by atoms with Gasteiger partial charge in [-0.05, 0) is 18.8 Å². The lowest BCUT2D eigenvalue weighted by Crippen LogP contribution is -2.12. The van der Waals surface area contributed by atoms with Crippen molar-refractivity contribution >= 4 is 5.97 Å². The molecule has 0 aliphatic rings. The molecule has 2 nitrogen and oxygen atoms in total. The fraction of sp³-hybridized carbons (Fsp3) is 0.923. The number of unbranched alkanes of at least 4 members (excludes halogenated alkanes) is 1. The summed E-state index contributed by atoms with van der Waals surface area (Å²) >= 11 is 0. The van der Waals surface area contributed by atoms with Crippen LogP contribution in [-0.4, -0.2) is 11.1 Å². The topological polar surface area (TPSA) is 37.3 Å². The molecule has 0 amide bonds. The van der Waals surface area contributed by atoms with Gasteiger partial charge in [0.2, 0.25) is 0 Å². The Bertz CT molecular complexity index is 166. The number of aliphatic carboxylic acids is 1. The van der Waals surface area contributed by atoms with Gasteiger partial charge in [0.15, 0.2) is 0 Å². The fourth-order valence-corrected chi connectivity index (χ4v) is 1.91. The zero-order chi connectivity index (χ0) is 11.7. The van der Waals surface area contributed by atoms with E-state index >= 15 is 0 Å². The normalized spacial score (nSPS) is 14.9. The molecule has 0 radical (unpaired) electrons. The van der Waals surface area contributed by atoms with Gasteiger partial charge in [0.1, 0.15) is 0 Å². The number of rotatable bonds is 9. The molecule has 0 aliphatic carbocycles. The van der Waals surface area contributed by atoms with E-state index in [-0.39, 0.29) is 5.92 Å². The molecule has 0 rings (SSSR count). The van der Waals surface area contributed by atoms with Gasteiger partial charge in [0.25, 0.3) is 0 Å². The second-order valence-electron chi connectivity index (χ2n) is 4.62. The summed E-state index contributed by atoms with van der Waals surface area (Å²) in [5.74, 6) is 0.0123. The van der Waals surface area contributed by atoms with Crippen molar-refractivity contribution in [1.29, 1.82) is 0 Å². The number of carboxylic acids is 1. The van der Waals surface area contributed by atoms with Crippen LogP contribution in [0.2, 0.25) is 0 Å². The number of carboxylic acid groups (broad SMARTS) is 1. The lowest BCUT2D eigenvalue weighted by atomic mass is 9.93. The average Bonchev–Trinajstić information content (AvgIpc) is 2.20. The van der Waals surface area contributed by atoms with Crippen LogP contribution in [-0.2, 0) is 4.79 Å². The van der Waals surface area contributed by atoms with Crippen molar-refractivity contribution in [3.63, 3.8) is 0 Å². The fourth-order valence-electron chi connectivity index (χ4n) is 1.91. The van der Waals surface area contributed by atoms with Crippen LogP contribution in [0.5, 0.6) is 0 Å². The van der Waals surface area contributed by atoms with Crippen molar-refractivity contribution in [3.05, 3.63) is 0 Å². The van der Waals surface area contributed by atoms with E-state index in [1.54, 1.807) is 0 Å². The SMILES string of the molecule is CCCCC(C)CCCC(CC)C(=O)O. The van der Waals surface area contributed by atoms with Crippen molar-refractivity contribution in [3.8, 4) is 0 Å². The van der Waals surface area contributed by atoms with Crippen LogP contribution in [0, 0.1) is 11.8 Å². The Kier molecular flexibility index (Phi) is 8.44. The van der Waals surface area contributed by atoms with Gasteiger partial charge in [0, 0.05) is 0 Å². The van der Waals surface area contributed by atoms with Crippen molar-refractivity contribution in [2.24, 2.45) is 11.8 Å². The van der Waals surface area contributed by atoms with Gasteiger partial charge in [-0.1, -0.05) is 52.9 Å². The second-order valence-corrected chi connectivity index (χ2v) is 4.62. The summed E-state index contributed by atoms with van der Waals surface area (Å²) in [6, 6.07) is 0. The Morgan fingerprint density at radius 2 is 1.73 bits per heavy atom. The maximum atomic E-state index is 10.8. The molecule has 0 aliphatic heterocycles. The molecule has 0 bridgehead atoms. The monoisotopic (exact) mass is 214 g/mol. The molecular formula is C13H26O2. The van der Waals surface area contributed by atoms with Gasteiger partial charge >= 0.3 is 5.97 Å². The molecule has 0 aromatic heterocycles. The van der Waals surface area contributed by atoms with Crippen LogP contribution < -0.4 is 0 Å². The lowest BCUT2D eigenvalue weighted by Gasteiger charge is -2.13. The van der Waals surface area contributed by atoms with Gasteiger partial charge in [-0.15, -0.1) is 0 Å². The Morgan fingerprint density at radius 1 is 1.13 bits per heavy atom. The molecule has 15 heavy (non-hydrogen) atoms. The third-order valence-corrected chi connectivity index (χ3v) is 3.14. The minimum atomic E-state index is -0.626. The number of hydrogen-bond donors (Lipinski definition) is 1. The standard InChI is InChI=1S/C13H26O2/c1-4-6-8-11(3)9-7-10-12(5-2)13(14)15/h11-12H,4-10H2,1-3H3,(H,14,15). The predicted octanol–water partition coefficient (Wildman–Crippen LogP) is 4.09. The molecule has 0 saturated carbocycles. The van der Waals surface area contributed by atoms with Gasteiger partial charge in [-0.2, -0.15) is 0 Å². The zero-order valence-electron chi connectivity index (χ0n) is 10.5. The highest BCUT2D eigenvalue weighted by atomic mass is 16.4. The van der Waals surface area contributed by atoms with Gasteiger partial charge in [0.05, 0.1) is 5.92 Å². The smallest absolute Gasteiger partial charge is 0.306 e. The van der Waals surface area contributed by atoms with E-state index in [0.29, 0.717) is 0 Å². The Labute approximate surface area is 94.1 Å². The highest BCUT2D eigenvalue weighted by molar-refractivity contribution is 5.69. The quantitative estimate of drug-likeness (QED) is 0.627. The summed E-state index contributed by atoms with van der Waals surface area (Å²) in [6.07, 6.45) is 7.72. The highest BCUT2D eigenvalue weighted by Gasteiger charge is 2.14. The van der Waals surface area contributed by atoms with E-state index in [2.05, 4.69) is 13.8 Å². The molecule has 2 unspecified atom stereocenters. The van der Waals surface area contributed by atoms with E-state index < -0.39 is 5.97 Å². The predicted molar refractivity (Wildman–Crippen MR) is 64.0 cm³/mol. The molecule has 0 saturated heterocycles. The van der Waals surface area contributed by atoms with Crippen molar-refractivity contribution in [2.75, 3.05) is 0 Å². The first-order valence-electron chi connectivity index (χ1n) is 6.34. The summed E-state index contributed by atoms with van der Waals surface area (Å²) in [5.41, 5.74) is 0. The van der Waals surface area contributed by atoms with Crippen LogP contribution in [0.15, 0.2) is 0 Å². The first-order valence-corrected chi connectivity index (χ1v) is 6.34. The largest absolute Gasteiger partial charge is 0.481 e. The van der Waals surface area contributed by atoms with Gasteiger partial charge in [-0.25, -0.2) is 0 Å². The van der Waals surface area contributed by atoms with Crippen molar-refractivity contribution in [1.82, 2.24) is 0 Å². The molecule has 2 heteroatoms. The van der Waals surface area contributed by atoms with Crippen LogP contribution >= 0.6 is 0 Å².